The molecule has 0 saturated carbocycles. The van der Waals surface area contributed by atoms with Crippen molar-refractivity contribution in [2.45, 2.75) is 25.8 Å². The van der Waals surface area contributed by atoms with Crippen molar-refractivity contribution in [3.63, 3.8) is 0 Å². The number of rotatable bonds is 4. The molecule has 0 aromatic heterocycles. The molecule has 0 bridgehead atoms. The number of aliphatic carboxylic acids is 1. The van der Waals surface area contributed by atoms with Gasteiger partial charge in [0, 0.05) is 19.5 Å². The molecule has 1 saturated heterocycles. The molecule has 1 aromatic rings. The fraction of sp³-hybridized carbons (Fsp3) is 0.385. The van der Waals surface area contributed by atoms with E-state index in [0.717, 1.165) is 24.1 Å². The van der Waals surface area contributed by atoms with Crippen LogP contribution in [0.5, 0.6) is 0 Å². The Morgan fingerprint density at radius 2 is 1.88 bits per heavy atom. The second-order valence-electron chi connectivity index (χ2n) is 4.31. The molecule has 1 fully saturated rings. The molecule has 1 heterocycles. The van der Waals surface area contributed by atoms with Crippen molar-refractivity contribution in [2.24, 2.45) is 0 Å². The third kappa shape index (κ3) is 3.06. The van der Waals surface area contributed by atoms with Gasteiger partial charge in [0.05, 0.1) is 6.42 Å². The van der Waals surface area contributed by atoms with Gasteiger partial charge < -0.3 is 10.0 Å². The summed E-state index contributed by atoms with van der Waals surface area (Å²) >= 11 is 0. The van der Waals surface area contributed by atoms with Crippen LogP contribution >= 0.6 is 0 Å². The molecule has 0 aliphatic carbocycles. The highest BCUT2D eigenvalue weighted by molar-refractivity contribution is 5.78. The number of carbonyl (C=O) groups is 2. The van der Waals surface area contributed by atoms with E-state index in [0.29, 0.717) is 13.0 Å². The second kappa shape index (κ2) is 4.99. The number of carboxylic acids is 1. The fourth-order valence-electron chi connectivity index (χ4n) is 2.03. The maximum atomic E-state index is 11.4. The largest absolute Gasteiger partial charge is 0.481 e. The minimum Gasteiger partial charge on any atom is -0.481 e. The van der Waals surface area contributed by atoms with Gasteiger partial charge in [0.15, 0.2) is 0 Å². The lowest BCUT2D eigenvalue weighted by Crippen LogP contribution is -2.23. The summed E-state index contributed by atoms with van der Waals surface area (Å²) in [7, 11) is 0. The zero-order chi connectivity index (χ0) is 12.3. The number of carbonyl (C=O) groups excluding carboxylic acids is 1. The van der Waals surface area contributed by atoms with E-state index in [1.165, 1.54) is 0 Å². The fourth-order valence-corrected chi connectivity index (χ4v) is 2.03. The highest BCUT2D eigenvalue weighted by Crippen LogP contribution is 2.14. The van der Waals surface area contributed by atoms with Crippen LogP contribution < -0.4 is 0 Å². The van der Waals surface area contributed by atoms with Crippen LogP contribution in [0.25, 0.3) is 0 Å². The molecule has 0 atom stereocenters. The maximum Gasteiger partial charge on any atom is 0.307 e. The van der Waals surface area contributed by atoms with Crippen LogP contribution in [-0.4, -0.2) is 28.4 Å². The predicted octanol–water partition coefficient (Wildman–Crippen LogP) is 1.44. The van der Waals surface area contributed by atoms with Crippen molar-refractivity contribution in [3.8, 4) is 0 Å². The van der Waals surface area contributed by atoms with Crippen molar-refractivity contribution in [1.29, 1.82) is 0 Å². The number of likely N-dealkylation sites (tertiary alicyclic amines) is 1. The highest BCUT2D eigenvalue weighted by atomic mass is 16.4. The topological polar surface area (TPSA) is 57.6 Å². The first-order valence-electron chi connectivity index (χ1n) is 5.72. The summed E-state index contributed by atoms with van der Waals surface area (Å²) in [5.41, 5.74) is 1.84. The van der Waals surface area contributed by atoms with Gasteiger partial charge in [-0.2, -0.15) is 0 Å². The monoisotopic (exact) mass is 233 g/mol. The van der Waals surface area contributed by atoms with Gasteiger partial charge in [0.2, 0.25) is 5.91 Å². The maximum absolute atomic E-state index is 11.4. The highest BCUT2D eigenvalue weighted by Gasteiger charge is 2.19. The Balaban J connectivity index is 1.98. The summed E-state index contributed by atoms with van der Waals surface area (Å²) in [5, 5.41) is 8.65. The summed E-state index contributed by atoms with van der Waals surface area (Å²) in [6.07, 6.45) is 1.63. The van der Waals surface area contributed by atoms with Crippen LogP contribution in [0.3, 0.4) is 0 Å². The first-order valence-corrected chi connectivity index (χ1v) is 5.72. The molecule has 1 aromatic carbocycles. The minimum atomic E-state index is -0.826. The molecule has 1 aliphatic heterocycles. The van der Waals surface area contributed by atoms with Gasteiger partial charge in [0.25, 0.3) is 0 Å². The van der Waals surface area contributed by atoms with Crippen LogP contribution in [0.2, 0.25) is 0 Å². The molecule has 0 radical (unpaired) electrons. The van der Waals surface area contributed by atoms with Gasteiger partial charge in [-0.3, -0.25) is 9.59 Å². The van der Waals surface area contributed by atoms with Crippen LogP contribution in [0.4, 0.5) is 0 Å². The molecule has 0 spiro atoms. The zero-order valence-corrected chi connectivity index (χ0v) is 9.56. The Bertz CT molecular complexity index is 425. The van der Waals surface area contributed by atoms with E-state index in [1.807, 2.05) is 29.2 Å². The van der Waals surface area contributed by atoms with Crippen LogP contribution in [0.15, 0.2) is 24.3 Å². The Morgan fingerprint density at radius 1 is 1.24 bits per heavy atom. The van der Waals surface area contributed by atoms with Crippen molar-refractivity contribution in [1.82, 2.24) is 4.90 Å². The standard InChI is InChI=1S/C13H15NO3/c15-12-2-1-7-14(12)9-11-5-3-10(4-6-11)8-13(16)17/h3-6H,1-2,7-9H2,(H,16,17). The van der Waals surface area contributed by atoms with Crippen molar-refractivity contribution in [2.75, 3.05) is 6.54 Å². The number of carboxylic acid groups (broad SMARTS) is 1. The number of nitrogens with zero attached hydrogens (tertiary/aromatic N) is 1. The number of amides is 1. The third-order valence-electron chi connectivity index (χ3n) is 2.92. The van der Waals surface area contributed by atoms with E-state index in [4.69, 9.17) is 5.11 Å². The van der Waals surface area contributed by atoms with Crippen molar-refractivity contribution < 1.29 is 14.7 Å². The minimum absolute atomic E-state index is 0.0446. The molecule has 1 amide bonds. The quantitative estimate of drug-likeness (QED) is 0.856. The molecule has 1 aliphatic rings. The van der Waals surface area contributed by atoms with Crippen LogP contribution in [0, 0.1) is 0 Å². The Labute approximate surface area is 99.9 Å². The molecule has 4 nitrogen and oxygen atoms in total. The van der Waals surface area contributed by atoms with Gasteiger partial charge in [-0.15, -0.1) is 0 Å². The van der Waals surface area contributed by atoms with Gasteiger partial charge >= 0.3 is 5.97 Å². The smallest absolute Gasteiger partial charge is 0.307 e. The number of hydrogen-bond acceptors (Lipinski definition) is 2. The summed E-state index contributed by atoms with van der Waals surface area (Å²) < 4.78 is 0. The normalized spacial score (nSPS) is 15.3. The van der Waals surface area contributed by atoms with Gasteiger partial charge in [0.1, 0.15) is 0 Å². The van der Waals surface area contributed by atoms with Gasteiger partial charge in [-0.25, -0.2) is 0 Å². The molecule has 0 unspecified atom stereocenters. The molecule has 2 rings (SSSR count). The third-order valence-corrected chi connectivity index (χ3v) is 2.92. The molecular formula is C13H15NO3. The van der Waals surface area contributed by atoms with Gasteiger partial charge in [-0.05, 0) is 17.5 Å². The number of benzene rings is 1. The molecule has 1 N–H and O–H groups in total. The zero-order valence-electron chi connectivity index (χ0n) is 9.56. The van der Waals surface area contributed by atoms with E-state index in [9.17, 15) is 9.59 Å². The predicted molar refractivity (Wildman–Crippen MR) is 62.4 cm³/mol. The molecule has 17 heavy (non-hydrogen) atoms. The van der Waals surface area contributed by atoms with Crippen LogP contribution in [-0.2, 0) is 22.6 Å². The van der Waals surface area contributed by atoms with E-state index < -0.39 is 5.97 Å². The van der Waals surface area contributed by atoms with E-state index >= 15 is 0 Å². The SMILES string of the molecule is O=C(O)Cc1ccc(CN2CCCC2=O)cc1. The second-order valence-corrected chi connectivity index (χ2v) is 4.31. The first-order chi connectivity index (χ1) is 8.15. The molecule has 4 heteroatoms. The van der Waals surface area contributed by atoms with E-state index in [-0.39, 0.29) is 12.3 Å². The number of hydrogen-bond donors (Lipinski definition) is 1. The average molecular weight is 233 g/mol. The summed E-state index contributed by atoms with van der Waals surface area (Å²) in [5.74, 6) is -0.618. The lowest BCUT2D eigenvalue weighted by Gasteiger charge is -2.15. The van der Waals surface area contributed by atoms with Crippen molar-refractivity contribution in [3.05, 3.63) is 35.4 Å². The van der Waals surface area contributed by atoms with E-state index in [1.54, 1.807) is 0 Å². The van der Waals surface area contributed by atoms with Crippen molar-refractivity contribution >= 4 is 11.9 Å². The molecule has 90 valence electrons. The summed E-state index contributed by atoms with van der Waals surface area (Å²) in [6.45, 7) is 1.46. The van der Waals surface area contributed by atoms with Crippen LogP contribution in [0.1, 0.15) is 24.0 Å². The molecular weight excluding hydrogens is 218 g/mol. The Morgan fingerprint density at radius 3 is 2.41 bits per heavy atom. The summed E-state index contributed by atoms with van der Waals surface area (Å²) in [6, 6.07) is 7.40. The van der Waals surface area contributed by atoms with E-state index in [2.05, 4.69) is 0 Å². The Hall–Kier alpha value is -1.84. The lowest BCUT2D eigenvalue weighted by atomic mass is 10.1. The van der Waals surface area contributed by atoms with Gasteiger partial charge in [-0.1, -0.05) is 24.3 Å². The first kappa shape index (κ1) is 11.6. The average Bonchev–Trinajstić information content (AvgIpc) is 2.67. The Kier molecular flexibility index (Phi) is 3.42. The summed E-state index contributed by atoms with van der Waals surface area (Å²) in [4.78, 5) is 23.8. The lowest BCUT2D eigenvalue weighted by molar-refractivity contribution is -0.136.